The zero-order chi connectivity index (χ0) is 10.1. The Morgan fingerprint density at radius 2 is 2.00 bits per heavy atom. The van der Waals surface area contributed by atoms with Crippen LogP contribution in [-0.4, -0.2) is 33.9 Å². The van der Waals surface area contributed by atoms with E-state index in [9.17, 15) is 4.79 Å². The topological polar surface area (TPSA) is 20.3 Å². The maximum Gasteiger partial charge on any atom is 0.189 e. The molecule has 0 atom stereocenters. The van der Waals surface area contributed by atoms with Crippen LogP contribution in [0.25, 0.3) is 0 Å². The Labute approximate surface area is 85.1 Å². The fourth-order valence-corrected chi connectivity index (χ4v) is 2.38. The van der Waals surface area contributed by atoms with Crippen LogP contribution in [0, 0.1) is 0 Å². The minimum Gasteiger partial charge on any atom is -0.296 e. The van der Waals surface area contributed by atoms with Crippen LogP contribution in [-0.2, 0) is 4.79 Å². The molecule has 1 aliphatic heterocycles. The summed E-state index contributed by atoms with van der Waals surface area (Å²) >= 11 is 1.53. The summed E-state index contributed by atoms with van der Waals surface area (Å²) in [6.45, 7) is 10.7. The van der Waals surface area contributed by atoms with E-state index in [-0.39, 0.29) is 5.54 Å². The summed E-state index contributed by atoms with van der Waals surface area (Å²) in [7, 11) is 0. The first-order chi connectivity index (χ1) is 5.93. The van der Waals surface area contributed by atoms with E-state index < -0.39 is 0 Å². The van der Waals surface area contributed by atoms with Gasteiger partial charge in [-0.3, -0.25) is 9.69 Å². The second kappa shape index (κ2) is 4.01. The highest BCUT2D eigenvalue weighted by Gasteiger charge is 2.35. The molecule has 13 heavy (non-hydrogen) atoms. The molecule has 0 amide bonds. The Kier molecular flexibility index (Phi) is 3.41. The van der Waals surface area contributed by atoms with Crippen LogP contribution in [0.3, 0.4) is 0 Å². The van der Waals surface area contributed by atoms with Crippen molar-refractivity contribution in [3.63, 3.8) is 0 Å². The first-order valence-corrected chi connectivity index (χ1v) is 5.76. The zero-order valence-corrected chi connectivity index (χ0v) is 9.78. The number of likely N-dealkylation sites (tertiary alicyclic amines) is 1. The number of carbonyl (C=O) groups excluding carboxylic acids is 1. The van der Waals surface area contributed by atoms with Crippen LogP contribution in [0.4, 0.5) is 0 Å². The van der Waals surface area contributed by atoms with E-state index in [2.05, 4.69) is 25.7 Å². The molecule has 1 rings (SSSR count). The highest BCUT2D eigenvalue weighted by Crippen LogP contribution is 2.29. The Morgan fingerprint density at radius 1 is 1.46 bits per heavy atom. The lowest BCUT2D eigenvalue weighted by Crippen LogP contribution is -2.57. The van der Waals surface area contributed by atoms with E-state index in [1.165, 1.54) is 11.8 Å². The molecule has 1 heterocycles. The molecule has 0 aliphatic carbocycles. The van der Waals surface area contributed by atoms with E-state index in [4.69, 9.17) is 0 Å². The van der Waals surface area contributed by atoms with Crippen LogP contribution in [0.2, 0.25) is 0 Å². The molecule has 2 nitrogen and oxygen atoms in total. The van der Waals surface area contributed by atoms with Crippen molar-refractivity contribution in [2.75, 3.05) is 13.1 Å². The molecule has 0 bridgehead atoms. The second-order valence-electron chi connectivity index (χ2n) is 4.54. The van der Waals surface area contributed by atoms with Gasteiger partial charge in [0.25, 0.3) is 0 Å². The number of carbonyl (C=O) groups is 1. The van der Waals surface area contributed by atoms with Crippen LogP contribution in [0.5, 0.6) is 0 Å². The highest BCUT2D eigenvalue weighted by molar-refractivity contribution is 8.14. The summed E-state index contributed by atoms with van der Waals surface area (Å²) in [6, 6.07) is 0. The molecule has 1 aliphatic rings. The van der Waals surface area contributed by atoms with Crippen molar-refractivity contribution < 1.29 is 4.79 Å². The van der Waals surface area contributed by atoms with Crippen LogP contribution >= 0.6 is 11.8 Å². The SMILES string of the molecule is CCC(=O)SC1CN(C(C)(C)C)C1. The maximum absolute atomic E-state index is 11.1. The number of thioether (sulfide) groups is 1. The first-order valence-electron chi connectivity index (χ1n) is 4.88. The molecule has 0 N–H and O–H groups in total. The van der Waals surface area contributed by atoms with Gasteiger partial charge in [0, 0.05) is 30.3 Å². The minimum absolute atomic E-state index is 0.270. The number of hydrogen-bond acceptors (Lipinski definition) is 3. The maximum atomic E-state index is 11.1. The Bertz CT molecular complexity index is 192. The highest BCUT2D eigenvalue weighted by atomic mass is 32.2. The van der Waals surface area contributed by atoms with E-state index in [0.29, 0.717) is 16.8 Å². The largest absolute Gasteiger partial charge is 0.296 e. The molecule has 0 spiro atoms. The molecule has 1 fully saturated rings. The van der Waals surface area contributed by atoms with Crippen molar-refractivity contribution in [2.45, 2.75) is 44.9 Å². The van der Waals surface area contributed by atoms with Crippen LogP contribution in [0.1, 0.15) is 34.1 Å². The van der Waals surface area contributed by atoms with Gasteiger partial charge in [-0.2, -0.15) is 0 Å². The van der Waals surface area contributed by atoms with Gasteiger partial charge in [-0.25, -0.2) is 0 Å². The van der Waals surface area contributed by atoms with Gasteiger partial charge in [-0.1, -0.05) is 18.7 Å². The Morgan fingerprint density at radius 3 is 2.38 bits per heavy atom. The van der Waals surface area contributed by atoms with Crippen molar-refractivity contribution in [3.8, 4) is 0 Å². The van der Waals surface area contributed by atoms with E-state index >= 15 is 0 Å². The lowest BCUT2D eigenvalue weighted by molar-refractivity contribution is -0.110. The third-order valence-corrected chi connectivity index (χ3v) is 3.57. The summed E-state index contributed by atoms with van der Waals surface area (Å²) in [5.41, 5.74) is 0.270. The zero-order valence-electron chi connectivity index (χ0n) is 8.96. The molecule has 0 aromatic rings. The van der Waals surface area contributed by atoms with Crippen LogP contribution in [0.15, 0.2) is 0 Å². The fourth-order valence-electron chi connectivity index (χ4n) is 1.33. The molecule has 1 saturated heterocycles. The minimum atomic E-state index is 0.270. The lowest BCUT2D eigenvalue weighted by Gasteiger charge is -2.47. The predicted octanol–water partition coefficient (Wildman–Crippen LogP) is 2.14. The van der Waals surface area contributed by atoms with Gasteiger partial charge >= 0.3 is 0 Å². The standard InChI is InChI=1S/C10H19NOS/c1-5-9(12)13-8-6-11(7-8)10(2,3)4/h8H,5-7H2,1-4H3. The Balaban J connectivity index is 2.22. The lowest BCUT2D eigenvalue weighted by atomic mass is 10.0. The molecule has 0 unspecified atom stereocenters. The van der Waals surface area contributed by atoms with Crippen LogP contribution < -0.4 is 0 Å². The van der Waals surface area contributed by atoms with E-state index in [1.807, 2.05) is 6.92 Å². The average Bonchev–Trinajstić information content (AvgIpc) is 1.92. The third kappa shape index (κ3) is 2.99. The van der Waals surface area contributed by atoms with Crippen molar-refractivity contribution in [2.24, 2.45) is 0 Å². The fraction of sp³-hybridized carbons (Fsp3) is 0.900. The predicted molar refractivity (Wildman–Crippen MR) is 58.0 cm³/mol. The summed E-state index contributed by atoms with van der Waals surface area (Å²) in [4.78, 5) is 13.5. The third-order valence-electron chi connectivity index (χ3n) is 2.38. The van der Waals surface area contributed by atoms with Gasteiger partial charge in [-0.15, -0.1) is 0 Å². The van der Waals surface area contributed by atoms with Gasteiger partial charge < -0.3 is 0 Å². The molecule has 0 aromatic heterocycles. The first kappa shape index (κ1) is 11.1. The van der Waals surface area contributed by atoms with Crippen molar-refractivity contribution >= 4 is 16.9 Å². The quantitative estimate of drug-likeness (QED) is 0.682. The average molecular weight is 201 g/mol. The van der Waals surface area contributed by atoms with Gasteiger partial charge in [-0.05, 0) is 20.8 Å². The monoisotopic (exact) mass is 201 g/mol. The van der Waals surface area contributed by atoms with Crippen molar-refractivity contribution in [1.82, 2.24) is 4.90 Å². The van der Waals surface area contributed by atoms with E-state index in [0.717, 1.165) is 13.1 Å². The summed E-state index contributed by atoms with van der Waals surface area (Å²) in [5.74, 6) is 0. The van der Waals surface area contributed by atoms with Gasteiger partial charge in [0.1, 0.15) is 0 Å². The molecular formula is C10H19NOS. The summed E-state index contributed by atoms with van der Waals surface area (Å²) in [6.07, 6.45) is 0.663. The van der Waals surface area contributed by atoms with Crippen molar-refractivity contribution in [3.05, 3.63) is 0 Å². The molecule has 0 radical (unpaired) electrons. The van der Waals surface area contributed by atoms with Gasteiger partial charge in [0.05, 0.1) is 0 Å². The summed E-state index contributed by atoms with van der Waals surface area (Å²) < 4.78 is 0. The van der Waals surface area contributed by atoms with Gasteiger partial charge in [0.2, 0.25) is 0 Å². The Hall–Kier alpha value is -0.0200. The normalized spacial score (nSPS) is 20.0. The second-order valence-corrected chi connectivity index (χ2v) is 5.90. The smallest absolute Gasteiger partial charge is 0.189 e. The van der Waals surface area contributed by atoms with E-state index in [1.54, 1.807) is 0 Å². The number of hydrogen-bond donors (Lipinski definition) is 0. The molecule has 0 saturated carbocycles. The van der Waals surface area contributed by atoms with Crippen molar-refractivity contribution in [1.29, 1.82) is 0 Å². The molecule has 76 valence electrons. The molecular weight excluding hydrogens is 182 g/mol. The molecule has 3 heteroatoms. The number of rotatable bonds is 2. The number of nitrogens with zero attached hydrogens (tertiary/aromatic N) is 1. The van der Waals surface area contributed by atoms with Gasteiger partial charge in [0.15, 0.2) is 5.12 Å². The summed E-state index contributed by atoms with van der Waals surface area (Å²) in [5, 5.41) is 0.880. The molecule has 0 aromatic carbocycles.